The average Bonchev–Trinajstić information content (AvgIpc) is 3.19. The molecule has 126 valence electrons. The SMILES string of the molecule is CCc1cc2c(NC3CCCn4nc(COC)nc43)ncnc2s1. The number of nitrogens with zero attached hydrogens (tertiary/aromatic N) is 5. The van der Waals surface area contributed by atoms with Crippen molar-refractivity contribution < 1.29 is 4.74 Å². The van der Waals surface area contributed by atoms with Crippen molar-refractivity contribution in [3.63, 3.8) is 0 Å². The summed E-state index contributed by atoms with van der Waals surface area (Å²) in [5.41, 5.74) is 0. The van der Waals surface area contributed by atoms with Crippen LogP contribution in [0.5, 0.6) is 0 Å². The van der Waals surface area contributed by atoms with Crippen LogP contribution in [0.25, 0.3) is 10.2 Å². The summed E-state index contributed by atoms with van der Waals surface area (Å²) >= 11 is 1.73. The Kier molecular flexibility index (Phi) is 4.15. The smallest absolute Gasteiger partial charge is 0.176 e. The molecule has 3 aromatic rings. The maximum Gasteiger partial charge on any atom is 0.176 e. The van der Waals surface area contributed by atoms with Crippen molar-refractivity contribution in [3.05, 3.63) is 28.9 Å². The number of methoxy groups -OCH3 is 1. The van der Waals surface area contributed by atoms with Gasteiger partial charge in [0.2, 0.25) is 0 Å². The van der Waals surface area contributed by atoms with Gasteiger partial charge < -0.3 is 10.1 Å². The Labute approximate surface area is 144 Å². The van der Waals surface area contributed by atoms with Crippen LogP contribution in [0.3, 0.4) is 0 Å². The predicted octanol–water partition coefficient (Wildman–Crippen LogP) is 2.94. The Morgan fingerprint density at radius 2 is 2.33 bits per heavy atom. The summed E-state index contributed by atoms with van der Waals surface area (Å²) in [4.78, 5) is 15.9. The maximum atomic E-state index is 5.15. The van der Waals surface area contributed by atoms with E-state index in [-0.39, 0.29) is 6.04 Å². The van der Waals surface area contributed by atoms with Gasteiger partial charge in [0.1, 0.15) is 29.4 Å². The third-order valence-electron chi connectivity index (χ3n) is 4.23. The second-order valence-corrected chi connectivity index (χ2v) is 7.00. The molecule has 1 atom stereocenters. The molecule has 0 fully saturated rings. The fourth-order valence-electron chi connectivity index (χ4n) is 3.09. The molecular formula is C16H20N6OS. The van der Waals surface area contributed by atoms with E-state index in [0.717, 1.165) is 53.5 Å². The van der Waals surface area contributed by atoms with E-state index in [4.69, 9.17) is 4.74 Å². The van der Waals surface area contributed by atoms with Gasteiger partial charge in [0.05, 0.1) is 11.4 Å². The summed E-state index contributed by atoms with van der Waals surface area (Å²) in [6, 6.07) is 2.30. The quantitative estimate of drug-likeness (QED) is 0.767. The summed E-state index contributed by atoms with van der Waals surface area (Å²) in [5.74, 6) is 2.58. The first kappa shape index (κ1) is 15.5. The van der Waals surface area contributed by atoms with Crippen LogP contribution >= 0.6 is 11.3 Å². The van der Waals surface area contributed by atoms with E-state index < -0.39 is 0 Å². The van der Waals surface area contributed by atoms with Gasteiger partial charge in [-0.25, -0.2) is 19.6 Å². The number of anilines is 1. The molecule has 1 unspecified atom stereocenters. The number of hydrogen-bond acceptors (Lipinski definition) is 7. The van der Waals surface area contributed by atoms with Crippen LogP contribution in [0.4, 0.5) is 5.82 Å². The van der Waals surface area contributed by atoms with Crippen molar-refractivity contribution in [2.45, 2.75) is 45.4 Å². The first-order chi connectivity index (χ1) is 11.8. The highest BCUT2D eigenvalue weighted by Crippen LogP contribution is 2.32. The second kappa shape index (κ2) is 6.45. The van der Waals surface area contributed by atoms with Crippen molar-refractivity contribution in [2.24, 2.45) is 0 Å². The molecule has 0 amide bonds. The van der Waals surface area contributed by atoms with E-state index in [2.05, 4.69) is 38.4 Å². The Hall–Kier alpha value is -2.06. The zero-order valence-electron chi connectivity index (χ0n) is 13.8. The Bertz CT molecular complexity index is 857. The van der Waals surface area contributed by atoms with Crippen LogP contribution in [-0.2, 0) is 24.3 Å². The summed E-state index contributed by atoms with van der Waals surface area (Å²) in [7, 11) is 1.66. The first-order valence-electron chi connectivity index (χ1n) is 8.21. The largest absolute Gasteiger partial charge is 0.377 e. The van der Waals surface area contributed by atoms with Crippen LogP contribution in [-0.4, -0.2) is 31.8 Å². The highest BCUT2D eigenvalue weighted by atomic mass is 32.1. The maximum absolute atomic E-state index is 5.15. The lowest BCUT2D eigenvalue weighted by molar-refractivity contribution is 0.177. The third kappa shape index (κ3) is 2.76. The fraction of sp³-hybridized carbons (Fsp3) is 0.500. The van der Waals surface area contributed by atoms with Crippen molar-refractivity contribution >= 4 is 27.4 Å². The first-order valence-corrected chi connectivity index (χ1v) is 9.02. The minimum atomic E-state index is 0.111. The topological polar surface area (TPSA) is 77.8 Å². The van der Waals surface area contributed by atoms with Gasteiger partial charge in [0, 0.05) is 18.5 Å². The average molecular weight is 344 g/mol. The standard InChI is InChI=1S/C16H20N6OS/c1-3-10-7-11-14(17-9-18-16(11)24-10)19-12-5-4-6-22-15(12)20-13(21-22)8-23-2/h7,9,12H,3-6,8H2,1-2H3,(H,17,18,19). The summed E-state index contributed by atoms with van der Waals surface area (Å²) in [6.45, 7) is 3.50. The molecule has 0 saturated carbocycles. The number of ether oxygens (including phenoxy) is 1. The molecule has 0 aromatic carbocycles. The van der Waals surface area contributed by atoms with E-state index in [1.165, 1.54) is 4.88 Å². The lowest BCUT2D eigenvalue weighted by Crippen LogP contribution is -2.23. The molecule has 4 rings (SSSR count). The molecule has 1 aliphatic heterocycles. The van der Waals surface area contributed by atoms with Crippen LogP contribution in [0.1, 0.15) is 42.3 Å². The molecule has 8 heteroatoms. The van der Waals surface area contributed by atoms with Gasteiger partial charge in [-0.05, 0) is 25.3 Å². The molecule has 24 heavy (non-hydrogen) atoms. The normalized spacial score (nSPS) is 17.2. The number of thiophene rings is 1. The van der Waals surface area contributed by atoms with Gasteiger partial charge in [-0.1, -0.05) is 6.92 Å². The van der Waals surface area contributed by atoms with Crippen molar-refractivity contribution in [3.8, 4) is 0 Å². The second-order valence-electron chi connectivity index (χ2n) is 5.89. The minimum absolute atomic E-state index is 0.111. The van der Waals surface area contributed by atoms with E-state index in [9.17, 15) is 0 Å². The highest BCUT2D eigenvalue weighted by Gasteiger charge is 2.25. The molecule has 7 nitrogen and oxygen atoms in total. The zero-order valence-corrected chi connectivity index (χ0v) is 14.6. The minimum Gasteiger partial charge on any atom is -0.377 e. The number of nitrogens with one attached hydrogen (secondary N) is 1. The number of aryl methyl sites for hydroxylation is 2. The predicted molar refractivity (Wildman–Crippen MR) is 93.1 cm³/mol. The van der Waals surface area contributed by atoms with Crippen LogP contribution in [0.15, 0.2) is 12.4 Å². The molecule has 3 aromatic heterocycles. The van der Waals surface area contributed by atoms with Crippen LogP contribution in [0.2, 0.25) is 0 Å². The number of rotatable bonds is 5. The third-order valence-corrected chi connectivity index (χ3v) is 5.42. The number of hydrogen-bond donors (Lipinski definition) is 1. The molecule has 4 heterocycles. The Balaban J connectivity index is 1.66. The molecule has 0 aliphatic carbocycles. The van der Waals surface area contributed by atoms with Gasteiger partial charge in [-0.2, -0.15) is 5.10 Å². The molecular weight excluding hydrogens is 324 g/mol. The molecule has 0 spiro atoms. The lowest BCUT2D eigenvalue weighted by Gasteiger charge is -2.23. The van der Waals surface area contributed by atoms with Gasteiger partial charge in [-0.3, -0.25) is 0 Å². The van der Waals surface area contributed by atoms with Gasteiger partial charge in [0.15, 0.2) is 5.82 Å². The van der Waals surface area contributed by atoms with E-state index in [0.29, 0.717) is 6.61 Å². The fourth-order valence-corrected chi connectivity index (χ4v) is 4.02. The Morgan fingerprint density at radius 3 is 3.17 bits per heavy atom. The molecule has 0 bridgehead atoms. The Morgan fingerprint density at radius 1 is 1.42 bits per heavy atom. The van der Waals surface area contributed by atoms with Crippen molar-refractivity contribution in [1.29, 1.82) is 0 Å². The molecule has 0 radical (unpaired) electrons. The summed E-state index contributed by atoms with van der Waals surface area (Å²) in [5, 5.41) is 9.18. The van der Waals surface area contributed by atoms with Gasteiger partial charge in [0.25, 0.3) is 0 Å². The zero-order chi connectivity index (χ0) is 16.5. The van der Waals surface area contributed by atoms with Gasteiger partial charge in [-0.15, -0.1) is 11.3 Å². The molecule has 0 saturated heterocycles. The van der Waals surface area contributed by atoms with Crippen molar-refractivity contribution in [1.82, 2.24) is 24.7 Å². The van der Waals surface area contributed by atoms with E-state index >= 15 is 0 Å². The van der Waals surface area contributed by atoms with E-state index in [1.54, 1.807) is 24.8 Å². The van der Waals surface area contributed by atoms with E-state index in [1.807, 2.05) is 4.68 Å². The number of fused-ring (bicyclic) bond motifs is 2. The summed E-state index contributed by atoms with van der Waals surface area (Å²) < 4.78 is 7.14. The van der Waals surface area contributed by atoms with Crippen LogP contribution < -0.4 is 5.32 Å². The van der Waals surface area contributed by atoms with Crippen LogP contribution in [0, 0.1) is 0 Å². The monoisotopic (exact) mass is 344 g/mol. The van der Waals surface area contributed by atoms with Gasteiger partial charge >= 0.3 is 0 Å². The summed E-state index contributed by atoms with van der Waals surface area (Å²) in [6.07, 6.45) is 4.73. The lowest BCUT2D eigenvalue weighted by atomic mass is 10.1. The molecule has 1 N–H and O–H groups in total. The highest BCUT2D eigenvalue weighted by molar-refractivity contribution is 7.18. The number of aromatic nitrogens is 5. The van der Waals surface area contributed by atoms with Crippen molar-refractivity contribution in [2.75, 3.05) is 12.4 Å². The molecule has 1 aliphatic rings.